The molecule has 5 heteroatoms. The minimum absolute atomic E-state index is 0.248. The number of benzene rings is 2. The van der Waals surface area contributed by atoms with Crippen molar-refractivity contribution in [2.75, 3.05) is 17.6 Å². The Balaban J connectivity index is 1.64. The van der Waals surface area contributed by atoms with Crippen molar-refractivity contribution in [2.45, 2.75) is 12.8 Å². The minimum atomic E-state index is 0.248. The Bertz CT molecular complexity index is 805. The molecule has 0 radical (unpaired) electrons. The first-order chi connectivity index (χ1) is 11.7. The zero-order chi connectivity index (χ0) is 16.8. The quantitative estimate of drug-likeness (QED) is 0.653. The molecule has 3 rings (SSSR count). The van der Waals surface area contributed by atoms with Crippen LogP contribution in [0.25, 0.3) is 11.3 Å². The first-order valence-corrected chi connectivity index (χ1v) is 8.27. The molecule has 4 nitrogen and oxygen atoms in total. The second kappa shape index (κ2) is 7.79. The van der Waals surface area contributed by atoms with Gasteiger partial charge in [-0.25, -0.2) is 4.98 Å². The van der Waals surface area contributed by atoms with Crippen LogP contribution in [0.4, 0.5) is 11.8 Å². The van der Waals surface area contributed by atoms with E-state index in [1.165, 1.54) is 5.56 Å². The van der Waals surface area contributed by atoms with Crippen LogP contribution in [0.3, 0.4) is 0 Å². The summed E-state index contributed by atoms with van der Waals surface area (Å²) in [5.74, 6) is 0.976. The highest BCUT2D eigenvalue weighted by molar-refractivity contribution is 6.30. The van der Waals surface area contributed by atoms with E-state index in [4.69, 9.17) is 17.3 Å². The summed E-state index contributed by atoms with van der Waals surface area (Å²) < 4.78 is 0. The molecular weight excluding hydrogens is 320 g/mol. The van der Waals surface area contributed by atoms with Gasteiger partial charge in [-0.3, -0.25) is 0 Å². The highest BCUT2D eigenvalue weighted by Gasteiger charge is 2.05. The number of nitrogens with one attached hydrogen (secondary N) is 1. The largest absolute Gasteiger partial charge is 0.370 e. The van der Waals surface area contributed by atoms with Crippen LogP contribution in [0.5, 0.6) is 0 Å². The molecule has 0 aliphatic heterocycles. The van der Waals surface area contributed by atoms with Gasteiger partial charge in [-0.15, -0.1) is 0 Å². The highest BCUT2D eigenvalue weighted by Crippen LogP contribution is 2.23. The maximum Gasteiger partial charge on any atom is 0.222 e. The lowest BCUT2D eigenvalue weighted by atomic mass is 10.1. The van der Waals surface area contributed by atoms with E-state index in [0.717, 1.165) is 36.5 Å². The lowest BCUT2D eigenvalue weighted by Crippen LogP contribution is -2.07. The van der Waals surface area contributed by atoms with E-state index in [9.17, 15) is 0 Å². The van der Waals surface area contributed by atoms with E-state index < -0.39 is 0 Å². The Kier molecular flexibility index (Phi) is 5.29. The van der Waals surface area contributed by atoms with Crippen molar-refractivity contribution in [1.82, 2.24) is 9.97 Å². The van der Waals surface area contributed by atoms with E-state index in [0.29, 0.717) is 5.02 Å². The summed E-state index contributed by atoms with van der Waals surface area (Å²) >= 11 is 6.04. The SMILES string of the molecule is Nc1nc(NCCCc2ccccc2)cc(-c2cccc(Cl)c2)n1. The fourth-order valence-electron chi connectivity index (χ4n) is 2.51. The third-order valence-electron chi connectivity index (χ3n) is 3.65. The molecule has 0 fully saturated rings. The fourth-order valence-corrected chi connectivity index (χ4v) is 2.70. The highest BCUT2D eigenvalue weighted by atomic mass is 35.5. The lowest BCUT2D eigenvalue weighted by molar-refractivity contribution is 0.858. The van der Waals surface area contributed by atoms with Crippen LogP contribution in [0, 0.1) is 0 Å². The van der Waals surface area contributed by atoms with Gasteiger partial charge < -0.3 is 11.1 Å². The van der Waals surface area contributed by atoms with Gasteiger partial charge in [-0.1, -0.05) is 54.1 Å². The zero-order valence-corrected chi connectivity index (χ0v) is 14.0. The molecule has 0 aliphatic carbocycles. The van der Waals surface area contributed by atoms with E-state index in [1.807, 2.05) is 36.4 Å². The van der Waals surface area contributed by atoms with Gasteiger partial charge in [0.15, 0.2) is 0 Å². The molecule has 1 aromatic heterocycles. The van der Waals surface area contributed by atoms with Crippen LogP contribution in [0.2, 0.25) is 5.02 Å². The number of nitrogens with two attached hydrogens (primary N) is 1. The molecule has 0 spiro atoms. The maximum absolute atomic E-state index is 6.04. The van der Waals surface area contributed by atoms with Gasteiger partial charge in [-0.2, -0.15) is 4.98 Å². The number of anilines is 2. The predicted octanol–water partition coefficient (Wildman–Crippen LogP) is 4.42. The number of hydrogen-bond acceptors (Lipinski definition) is 4. The predicted molar refractivity (Wildman–Crippen MR) is 100 cm³/mol. The molecule has 0 bridgehead atoms. The summed E-state index contributed by atoms with van der Waals surface area (Å²) in [5, 5.41) is 3.98. The zero-order valence-electron chi connectivity index (χ0n) is 13.2. The fraction of sp³-hybridized carbons (Fsp3) is 0.158. The summed E-state index contributed by atoms with van der Waals surface area (Å²) in [7, 11) is 0. The second-order valence-electron chi connectivity index (χ2n) is 5.52. The molecule has 0 atom stereocenters. The summed E-state index contributed by atoms with van der Waals surface area (Å²) in [6.07, 6.45) is 2.04. The van der Waals surface area contributed by atoms with Crippen molar-refractivity contribution in [3.05, 3.63) is 71.2 Å². The van der Waals surface area contributed by atoms with Gasteiger partial charge in [0.05, 0.1) is 5.69 Å². The smallest absolute Gasteiger partial charge is 0.222 e. The molecule has 0 amide bonds. The van der Waals surface area contributed by atoms with Crippen LogP contribution in [0.1, 0.15) is 12.0 Å². The topological polar surface area (TPSA) is 63.8 Å². The van der Waals surface area contributed by atoms with E-state index in [2.05, 4.69) is 39.6 Å². The van der Waals surface area contributed by atoms with Crippen molar-refractivity contribution >= 4 is 23.4 Å². The molecule has 0 aliphatic rings. The molecule has 24 heavy (non-hydrogen) atoms. The summed E-state index contributed by atoms with van der Waals surface area (Å²) in [4.78, 5) is 8.54. The molecule has 1 heterocycles. The third kappa shape index (κ3) is 4.46. The molecule has 0 saturated carbocycles. The first kappa shape index (κ1) is 16.3. The molecule has 0 unspecified atom stereocenters. The summed E-state index contributed by atoms with van der Waals surface area (Å²) in [5.41, 5.74) is 8.85. The number of rotatable bonds is 6. The van der Waals surface area contributed by atoms with Crippen LogP contribution < -0.4 is 11.1 Å². The minimum Gasteiger partial charge on any atom is -0.370 e. The third-order valence-corrected chi connectivity index (χ3v) is 3.89. The Morgan fingerprint density at radius 3 is 2.58 bits per heavy atom. The number of aryl methyl sites for hydroxylation is 1. The van der Waals surface area contributed by atoms with Crippen LogP contribution >= 0.6 is 11.6 Å². The Morgan fingerprint density at radius 2 is 1.79 bits per heavy atom. The number of aromatic nitrogens is 2. The summed E-state index contributed by atoms with van der Waals surface area (Å²) in [6, 6.07) is 19.9. The summed E-state index contributed by atoms with van der Waals surface area (Å²) in [6.45, 7) is 0.820. The van der Waals surface area contributed by atoms with Crippen molar-refractivity contribution in [2.24, 2.45) is 0 Å². The van der Waals surface area contributed by atoms with E-state index in [-0.39, 0.29) is 5.95 Å². The lowest BCUT2D eigenvalue weighted by Gasteiger charge is -2.09. The van der Waals surface area contributed by atoms with Crippen molar-refractivity contribution in [3.8, 4) is 11.3 Å². The van der Waals surface area contributed by atoms with Crippen molar-refractivity contribution in [3.63, 3.8) is 0 Å². The number of nitrogens with zero attached hydrogens (tertiary/aromatic N) is 2. The molecule has 2 aromatic carbocycles. The Labute approximate surface area is 146 Å². The van der Waals surface area contributed by atoms with Gasteiger partial charge in [0.2, 0.25) is 5.95 Å². The Hall–Kier alpha value is -2.59. The average molecular weight is 339 g/mol. The average Bonchev–Trinajstić information content (AvgIpc) is 2.59. The van der Waals surface area contributed by atoms with E-state index >= 15 is 0 Å². The van der Waals surface area contributed by atoms with Crippen molar-refractivity contribution in [1.29, 1.82) is 0 Å². The molecule has 0 saturated heterocycles. The van der Waals surface area contributed by atoms with Crippen molar-refractivity contribution < 1.29 is 0 Å². The molecule has 3 aromatic rings. The van der Waals surface area contributed by atoms with Gasteiger partial charge in [-0.05, 0) is 30.5 Å². The van der Waals surface area contributed by atoms with E-state index in [1.54, 1.807) is 0 Å². The molecular formula is C19H19ClN4. The van der Waals surface area contributed by atoms with Crippen LogP contribution in [-0.4, -0.2) is 16.5 Å². The normalized spacial score (nSPS) is 10.5. The first-order valence-electron chi connectivity index (χ1n) is 7.89. The van der Waals surface area contributed by atoms with Gasteiger partial charge in [0.25, 0.3) is 0 Å². The second-order valence-corrected chi connectivity index (χ2v) is 5.96. The number of hydrogen-bond donors (Lipinski definition) is 2. The Morgan fingerprint density at radius 1 is 0.958 bits per heavy atom. The van der Waals surface area contributed by atoms with Gasteiger partial charge >= 0.3 is 0 Å². The van der Waals surface area contributed by atoms with Crippen LogP contribution in [-0.2, 0) is 6.42 Å². The van der Waals surface area contributed by atoms with Crippen LogP contribution in [0.15, 0.2) is 60.7 Å². The number of halogens is 1. The van der Waals surface area contributed by atoms with Gasteiger partial charge in [0.1, 0.15) is 5.82 Å². The number of nitrogen functional groups attached to an aromatic ring is 1. The maximum atomic E-state index is 6.04. The standard InChI is InChI=1S/C19H19ClN4/c20-16-10-4-9-15(12-16)17-13-18(24-19(21)23-17)22-11-5-8-14-6-2-1-3-7-14/h1-4,6-7,9-10,12-13H,5,8,11H2,(H3,21,22,23,24). The monoisotopic (exact) mass is 338 g/mol. The molecule has 122 valence electrons. The molecule has 3 N–H and O–H groups in total. The van der Waals surface area contributed by atoms with Gasteiger partial charge in [0, 0.05) is 23.2 Å².